The second-order valence-corrected chi connectivity index (χ2v) is 9.26. The maximum Gasteiger partial charge on any atom is 0.331 e. The number of hydrogen-bond donors (Lipinski definition) is 0. The zero-order chi connectivity index (χ0) is 18.3. The van der Waals surface area contributed by atoms with E-state index in [9.17, 15) is 4.57 Å². The summed E-state index contributed by atoms with van der Waals surface area (Å²) in [6.45, 7) is 10.3. The van der Waals surface area contributed by atoms with Crippen LogP contribution < -0.4 is 0 Å². The van der Waals surface area contributed by atoms with Crippen molar-refractivity contribution >= 4 is 7.60 Å². The van der Waals surface area contributed by atoms with E-state index in [0.29, 0.717) is 6.16 Å². The molecule has 0 N–H and O–H groups in total. The Hall–Kier alpha value is 0.150. The summed E-state index contributed by atoms with van der Waals surface area (Å²) < 4.78 is 24.5. The van der Waals surface area contributed by atoms with E-state index in [-0.39, 0.29) is 12.2 Å². The summed E-state index contributed by atoms with van der Waals surface area (Å²) in [5.74, 6) is 0. The Morgan fingerprint density at radius 1 is 0.667 bits per heavy atom. The van der Waals surface area contributed by atoms with E-state index in [1.807, 2.05) is 13.8 Å². The summed E-state index contributed by atoms with van der Waals surface area (Å²) in [4.78, 5) is 0. The van der Waals surface area contributed by atoms with Crippen LogP contribution in [0.4, 0.5) is 0 Å². The second-order valence-electron chi connectivity index (χ2n) is 7.17. The van der Waals surface area contributed by atoms with Gasteiger partial charge in [-0.2, -0.15) is 0 Å². The molecule has 0 saturated heterocycles. The first kappa shape index (κ1) is 24.1. The molecule has 24 heavy (non-hydrogen) atoms. The minimum Gasteiger partial charge on any atom is -0.306 e. The van der Waals surface area contributed by atoms with Gasteiger partial charge in [-0.3, -0.25) is 4.57 Å². The van der Waals surface area contributed by atoms with E-state index in [4.69, 9.17) is 9.05 Å². The lowest BCUT2D eigenvalue weighted by molar-refractivity contribution is 0.123. The van der Waals surface area contributed by atoms with Gasteiger partial charge in [0.15, 0.2) is 0 Å². The lowest BCUT2D eigenvalue weighted by Crippen LogP contribution is -2.13. The van der Waals surface area contributed by atoms with Crippen molar-refractivity contribution in [3.8, 4) is 0 Å². The highest BCUT2D eigenvalue weighted by molar-refractivity contribution is 7.53. The molecule has 4 heteroatoms. The van der Waals surface area contributed by atoms with E-state index < -0.39 is 7.60 Å². The number of hydrogen-bond acceptors (Lipinski definition) is 3. The fraction of sp³-hybridized carbons (Fsp3) is 1.00. The number of rotatable bonds is 17. The van der Waals surface area contributed by atoms with E-state index in [1.165, 1.54) is 51.4 Å². The molecule has 0 aliphatic carbocycles. The predicted octanol–water partition coefficient (Wildman–Crippen LogP) is 7.73. The highest BCUT2D eigenvalue weighted by Gasteiger charge is 2.28. The van der Waals surface area contributed by atoms with Gasteiger partial charge in [0.1, 0.15) is 0 Å². The quantitative estimate of drug-likeness (QED) is 0.196. The maximum atomic E-state index is 12.9. The molecular formula is C20H43O3P. The fourth-order valence-electron chi connectivity index (χ4n) is 2.62. The topological polar surface area (TPSA) is 35.5 Å². The average molecular weight is 363 g/mol. The monoisotopic (exact) mass is 362 g/mol. The van der Waals surface area contributed by atoms with E-state index >= 15 is 0 Å². The SMILES string of the molecule is CCCCCCCCCCCCP(=O)(OC(C)CC)OC(C)CC. The largest absolute Gasteiger partial charge is 0.331 e. The van der Waals surface area contributed by atoms with Crippen LogP contribution in [0.25, 0.3) is 0 Å². The van der Waals surface area contributed by atoms with E-state index in [0.717, 1.165) is 25.7 Å². The molecule has 0 spiro atoms. The Morgan fingerprint density at radius 2 is 1.04 bits per heavy atom. The molecule has 0 fully saturated rings. The summed E-state index contributed by atoms with van der Waals surface area (Å²) in [7, 11) is -2.94. The molecule has 0 aliphatic rings. The van der Waals surface area contributed by atoms with Gasteiger partial charge in [0.25, 0.3) is 0 Å². The molecule has 0 aliphatic heterocycles. The van der Waals surface area contributed by atoms with E-state index in [1.54, 1.807) is 0 Å². The third-order valence-electron chi connectivity index (χ3n) is 4.62. The van der Waals surface area contributed by atoms with Gasteiger partial charge in [-0.05, 0) is 33.1 Å². The fourth-order valence-corrected chi connectivity index (χ4v) is 4.89. The molecule has 2 unspecified atom stereocenters. The Morgan fingerprint density at radius 3 is 1.42 bits per heavy atom. The van der Waals surface area contributed by atoms with Crippen LogP contribution in [-0.2, 0) is 13.6 Å². The molecule has 0 radical (unpaired) electrons. The Kier molecular flexibility index (Phi) is 15.5. The van der Waals surface area contributed by atoms with Crippen LogP contribution in [0.5, 0.6) is 0 Å². The molecule has 0 saturated carbocycles. The van der Waals surface area contributed by atoms with Crippen molar-refractivity contribution in [1.29, 1.82) is 0 Å². The number of unbranched alkanes of at least 4 members (excludes halogenated alkanes) is 9. The summed E-state index contributed by atoms with van der Waals surface area (Å²) in [5, 5.41) is 0. The van der Waals surface area contributed by atoms with Crippen molar-refractivity contribution in [2.24, 2.45) is 0 Å². The Labute approximate surface area is 151 Å². The molecule has 0 bridgehead atoms. The van der Waals surface area contributed by atoms with Crippen LogP contribution in [0.2, 0.25) is 0 Å². The van der Waals surface area contributed by atoms with Crippen molar-refractivity contribution < 1.29 is 13.6 Å². The summed E-state index contributed by atoms with van der Waals surface area (Å²) in [6.07, 6.45) is 15.1. The summed E-state index contributed by atoms with van der Waals surface area (Å²) in [5.41, 5.74) is 0. The summed E-state index contributed by atoms with van der Waals surface area (Å²) >= 11 is 0. The third-order valence-corrected chi connectivity index (χ3v) is 6.84. The molecule has 0 aromatic carbocycles. The lowest BCUT2D eigenvalue weighted by atomic mass is 10.1. The van der Waals surface area contributed by atoms with Crippen LogP contribution in [0, 0.1) is 0 Å². The normalized spacial score (nSPS) is 16.7. The molecule has 2 atom stereocenters. The van der Waals surface area contributed by atoms with Gasteiger partial charge in [-0.25, -0.2) is 0 Å². The Balaban J connectivity index is 3.91. The van der Waals surface area contributed by atoms with Gasteiger partial charge in [0.2, 0.25) is 0 Å². The van der Waals surface area contributed by atoms with Crippen molar-refractivity contribution in [3.05, 3.63) is 0 Å². The molecule has 0 aromatic rings. The van der Waals surface area contributed by atoms with Crippen LogP contribution in [0.1, 0.15) is 112 Å². The lowest BCUT2D eigenvalue weighted by Gasteiger charge is -2.24. The predicted molar refractivity (Wildman–Crippen MR) is 106 cm³/mol. The van der Waals surface area contributed by atoms with Gasteiger partial charge < -0.3 is 9.05 Å². The van der Waals surface area contributed by atoms with Crippen molar-refractivity contribution in [2.75, 3.05) is 6.16 Å². The van der Waals surface area contributed by atoms with Crippen LogP contribution >= 0.6 is 7.60 Å². The first-order chi connectivity index (χ1) is 11.5. The van der Waals surface area contributed by atoms with Crippen molar-refractivity contribution in [3.63, 3.8) is 0 Å². The van der Waals surface area contributed by atoms with Crippen molar-refractivity contribution in [1.82, 2.24) is 0 Å². The smallest absolute Gasteiger partial charge is 0.306 e. The third kappa shape index (κ3) is 13.4. The molecule has 0 aromatic heterocycles. The molecule has 0 heterocycles. The molecular weight excluding hydrogens is 319 g/mol. The van der Waals surface area contributed by atoms with Crippen molar-refractivity contribution in [2.45, 2.75) is 124 Å². The second kappa shape index (κ2) is 15.4. The zero-order valence-electron chi connectivity index (χ0n) is 17.0. The van der Waals surface area contributed by atoms with Gasteiger partial charge >= 0.3 is 7.60 Å². The van der Waals surface area contributed by atoms with Crippen LogP contribution in [0.3, 0.4) is 0 Å². The minimum absolute atomic E-state index is 0.00279. The highest BCUT2D eigenvalue weighted by atomic mass is 31.2. The molecule has 0 rings (SSSR count). The van der Waals surface area contributed by atoms with Gasteiger partial charge in [-0.15, -0.1) is 0 Å². The van der Waals surface area contributed by atoms with Crippen LogP contribution in [-0.4, -0.2) is 18.4 Å². The summed E-state index contributed by atoms with van der Waals surface area (Å²) in [6, 6.07) is 0. The molecule has 0 amide bonds. The van der Waals surface area contributed by atoms with E-state index in [2.05, 4.69) is 20.8 Å². The first-order valence-electron chi connectivity index (χ1n) is 10.4. The van der Waals surface area contributed by atoms with Crippen LogP contribution in [0.15, 0.2) is 0 Å². The van der Waals surface area contributed by atoms with Gasteiger partial charge in [0.05, 0.1) is 18.4 Å². The maximum absolute atomic E-state index is 12.9. The van der Waals surface area contributed by atoms with Gasteiger partial charge in [0, 0.05) is 0 Å². The zero-order valence-corrected chi connectivity index (χ0v) is 17.9. The molecule has 146 valence electrons. The first-order valence-corrected chi connectivity index (χ1v) is 12.2. The highest BCUT2D eigenvalue weighted by Crippen LogP contribution is 2.51. The van der Waals surface area contributed by atoms with Gasteiger partial charge in [-0.1, -0.05) is 78.6 Å². The minimum atomic E-state index is -2.94. The molecule has 3 nitrogen and oxygen atoms in total. The standard InChI is InChI=1S/C20H43O3P/c1-6-9-10-11-12-13-14-15-16-17-18-24(21,22-19(4)7-2)23-20(5)8-3/h19-20H,6-18H2,1-5H3. The Bertz CT molecular complexity index is 304. The average Bonchev–Trinajstić information content (AvgIpc) is 2.56.